The third-order valence-corrected chi connectivity index (χ3v) is 5.20. The number of amides is 2. The Balaban J connectivity index is 1.95. The van der Waals surface area contributed by atoms with Crippen LogP contribution in [-0.2, 0) is 15.5 Å². The number of rotatable bonds is 3. The van der Waals surface area contributed by atoms with Crippen LogP contribution in [0.3, 0.4) is 0 Å². The predicted octanol–water partition coefficient (Wildman–Crippen LogP) is 2.85. The molecule has 2 atom stereocenters. The van der Waals surface area contributed by atoms with Crippen molar-refractivity contribution in [3.8, 4) is 0 Å². The van der Waals surface area contributed by atoms with E-state index in [9.17, 15) is 9.00 Å². The van der Waals surface area contributed by atoms with Crippen LogP contribution in [0.5, 0.6) is 0 Å². The molecule has 1 N–H and O–H groups in total. The van der Waals surface area contributed by atoms with E-state index < -0.39 is 10.8 Å². The topological polar surface area (TPSA) is 58.6 Å². The average molecular weight is 324 g/mol. The quantitative estimate of drug-likeness (QED) is 0.930. The lowest BCUT2D eigenvalue weighted by Gasteiger charge is -2.26. The van der Waals surface area contributed by atoms with Crippen molar-refractivity contribution in [3.63, 3.8) is 0 Å². The van der Waals surface area contributed by atoms with Crippen LogP contribution < -0.4 is 5.32 Å². The SMILES string of the molecule is CO[C@]1(C)CCCN(C(=O)Nc2ccc([S@](C)=O)cc2)CC1. The van der Waals surface area contributed by atoms with Gasteiger partial charge in [0.15, 0.2) is 0 Å². The van der Waals surface area contributed by atoms with Crippen LogP contribution in [0.25, 0.3) is 0 Å². The fourth-order valence-electron chi connectivity index (χ4n) is 2.59. The smallest absolute Gasteiger partial charge is 0.321 e. The number of carbonyl (C=O) groups excluding carboxylic acids is 1. The fraction of sp³-hybridized carbons (Fsp3) is 0.562. The summed E-state index contributed by atoms with van der Waals surface area (Å²) in [6.45, 7) is 3.52. The summed E-state index contributed by atoms with van der Waals surface area (Å²) in [5.74, 6) is 0. The zero-order valence-corrected chi connectivity index (χ0v) is 14.2. The molecule has 122 valence electrons. The van der Waals surface area contributed by atoms with E-state index in [2.05, 4.69) is 12.2 Å². The molecule has 2 amide bonds. The molecule has 0 unspecified atom stereocenters. The molecule has 1 aromatic carbocycles. The highest BCUT2D eigenvalue weighted by atomic mass is 32.2. The van der Waals surface area contributed by atoms with Gasteiger partial charge in [-0.15, -0.1) is 0 Å². The minimum Gasteiger partial charge on any atom is -0.378 e. The first-order chi connectivity index (χ1) is 10.4. The number of urea groups is 1. The highest BCUT2D eigenvalue weighted by molar-refractivity contribution is 7.84. The highest BCUT2D eigenvalue weighted by Crippen LogP contribution is 2.25. The number of carbonyl (C=O) groups is 1. The van der Waals surface area contributed by atoms with E-state index in [4.69, 9.17) is 4.74 Å². The summed E-state index contributed by atoms with van der Waals surface area (Å²) in [7, 11) is 0.728. The maximum Gasteiger partial charge on any atom is 0.321 e. The third kappa shape index (κ3) is 4.30. The Morgan fingerprint density at radius 2 is 1.95 bits per heavy atom. The van der Waals surface area contributed by atoms with Crippen LogP contribution in [0, 0.1) is 0 Å². The maximum atomic E-state index is 12.4. The van der Waals surface area contributed by atoms with Crippen LogP contribution in [0.1, 0.15) is 26.2 Å². The lowest BCUT2D eigenvalue weighted by Crippen LogP contribution is -2.37. The van der Waals surface area contributed by atoms with Crippen molar-refractivity contribution in [1.29, 1.82) is 0 Å². The molecule has 0 aliphatic carbocycles. The van der Waals surface area contributed by atoms with Crippen LogP contribution in [-0.4, -0.2) is 47.2 Å². The molecule has 1 heterocycles. The molecule has 1 aromatic rings. The Hall–Kier alpha value is -1.40. The van der Waals surface area contributed by atoms with E-state index in [1.807, 2.05) is 4.90 Å². The first kappa shape index (κ1) is 17.0. The molecule has 0 spiro atoms. The molecule has 22 heavy (non-hydrogen) atoms. The summed E-state index contributed by atoms with van der Waals surface area (Å²) in [6, 6.07) is 7.02. The molecule has 0 saturated carbocycles. The standard InChI is InChI=1S/C16H24N2O3S/c1-16(21-2)9-4-11-18(12-10-16)15(19)17-13-5-7-14(8-6-13)22(3)20/h5-8H,4,9-12H2,1-3H3,(H,17,19)/t16-,22+/m1/s1. The first-order valence-electron chi connectivity index (χ1n) is 7.48. The summed E-state index contributed by atoms with van der Waals surface area (Å²) < 4.78 is 16.9. The van der Waals surface area contributed by atoms with Gasteiger partial charge < -0.3 is 15.0 Å². The number of hydrogen-bond donors (Lipinski definition) is 1. The van der Waals surface area contributed by atoms with Gasteiger partial charge in [0.1, 0.15) is 0 Å². The number of methoxy groups -OCH3 is 1. The summed E-state index contributed by atoms with van der Waals surface area (Å²) in [5, 5.41) is 2.90. The molecule has 0 bridgehead atoms. The van der Waals surface area contributed by atoms with Crippen LogP contribution in [0.2, 0.25) is 0 Å². The second kappa shape index (κ2) is 7.24. The molecular weight excluding hydrogens is 300 g/mol. The molecule has 2 rings (SSSR count). The van der Waals surface area contributed by atoms with Crippen LogP contribution in [0.4, 0.5) is 10.5 Å². The van der Waals surface area contributed by atoms with Crippen molar-refractivity contribution in [2.24, 2.45) is 0 Å². The van der Waals surface area contributed by atoms with Gasteiger partial charge >= 0.3 is 6.03 Å². The Labute approximate surface area is 134 Å². The van der Waals surface area contributed by atoms with Crippen molar-refractivity contribution in [1.82, 2.24) is 4.90 Å². The number of likely N-dealkylation sites (tertiary alicyclic amines) is 1. The Morgan fingerprint density at radius 1 is 1.27 bits per heavy atom. The van der Waals surface area contributed by atoms with Gasteiger partial charge in [0.05, 0.1) is 5.60 Å². The third-order valence-electron chi connectivity index (χ3n) is 4.26. The second-order valence-electron chi connectivity index (χ2n) is 5.90. The lowest BCUT2D eigenvalue weighted by atomic mass is 9.97. The first-order valence-corrected chi connectivity index (χ1v) is 9.04. The van der Waals surface area contributed by atoms with Crippen molar-refractivity contribution in [2.75, 3.05) is 31.8 Å². The monoisotopic (exact) mass is 324 g/mol. The molecule has 0 radical (unpaired) electrons. The van der Waals surface area contributed by atoms with Gasteiger partial charge in [-0.25, -0.2) is 4.79 Å². The fourth-order valence-corrected chi connectivity index (χ4v) is 3.11. The minimum atomic E-state index is -1.00. The van der Waals surface area contributed by atoms with Gasteiger partial charge in [0.25, 0.3) is 0 Å². The normalized spacial score (nSPS) is 23.7. The Kier molecular flexibility index (Phi) is 5.58. The van der Waals surface area contributed by atoms with Crippen LogP contribution in [0.15, 0.2) is 29.2 Å². The van der Waals surface area contributed by atoms with Gasteiger partial charge in [-0.1, -0.05) is 0 Å². The lowest BCUT2D eigenvalue weighted by molar-refractivity contribution is -0.00491. The summed E-state index contributed by atoms with van der Waals surface area (Å²) in [6.07, 6.45) is 4.37. The van der Waals surface area contributed by atoms with Gasteiger partial charge in [-0.05, 0) is 50.5 Å². The Morgan fingerprint density at radius 3 is 2.55 bits per heavy atom. The number of benzene rings is 1. The Bertz CT molecular complexity index is 547. The summed E-state index contributed by atoms with van der Waals surface area (Å²) >= 11 is 0. The minimum absolute atomic E-state index is 0.0919. The van der Waals surface area contributed by atoms with Gasteiger partial charge in [-0.2, -0.15) is 0 Å². The molecule has 1 aliphatic rings. The van der Waals surface area contributed by atoms with E-state index in [-0.39, 0.29) is 11.6 Å². The largest absolute Gasteiger partial charge is 0.378 e. The van der Waals surface area contributed by atoms with Gasteiger partial charge in [-0.3, -0.25) is 4.21 Å². The van der Waals surface area contributed by atoms with Gasteiger partial charge in [0.2, 0.25) is 0 Å². The number of nitrogens with one attached hydrogen (secondary N) is 1. The van der Waals surface area contributed by atoms with Gasteiger partial charge in [0, 0.05) is 47.8 Å². The molecule has 5 nitrogen and oxygen atoms in total. The van der Waals surface area contributed by atoms with Crippen molar-refractivity contribution in [3.05, 3.63) is 24.3 Å². The zero-order chi connectivity index (χ0) is 16.2. The molecule has 1 aliphatic heterocycles. The van der Waals surface area contributed by atoms with Crippen molar-refractivity contribution < 1.29 is 13.7 Å². The summed E-state index contributed by atoms with van der Waals surface area (Å²) in [5.41, 5.74) is 0.583. The molecule has 1 saturated heterocycles. The highest BCUT2D eigenvalue weighted by Gasteiger charge is 2.29. The zero-order valence-electron chi connectivity index (χ0n) is 13.4. The molecule has 0 aromatic heterocycles. The number of hydrogen-bond acceptors (Lipinski definition) is 3. The van der Waals surface area contributed by atoms with E-state index in [1.165, 1.54) is 0 Å². The van der Waals surface area contributed by atoms with E-state index in [1.54, 1.807) is 37.6 Å². The van der Waals surface area contributed by atoms with E-state index >= 15 is 0 Å². The number of anilines is 1. The van der Waals surface area contributed by atoms with Crippen molar-refractivity contribution >= 4 is 22.5 Å². The summed E-state index contributed by atoms with van der Waals surface area (Å²) in [4.78, 5) is 14.9. The second-order valence-corrected chi connectivity index (χ2v) is 7.28. The maximum absolute atomic E-state index is 12.4. The average Bonchev–Trinajstić information content (AvgIpc) is 2.70. The molecular formula is C16H24N2O3S. The molecule has 1 fully saturated rings. The molecule has 6 heteroatoms. The predicted molar refractivity (Wildman–Crippen MR) is 88.6 cm³/mol. The van der Waals surface area contributed by atoms with Crippen LogP contribution >= 0.6 is 0 Å². The number of ether oxygens (including phenoxy) is 1. The van der Waals surface area contributed by atoms with E-state index in [0.29, 0.717) is 6.54 Å². The number of nitrogens with zero attached hydrogens (tertiary/aromatic N) is 1. The van der Waals surface area contributed by atoms with E-state index in [0.717, 1.165) is 36.4 Å². The van der Waals surface area contributed by atoms with Crippen molar-refractivity contribution in [2.45, 2.75) is 36.7 Å².